The average molecular weight is 316 g/mol. The molecule has 128 valence electrons. The lowest BCUT2D eigenvalue weighted by atomic mass is 10.8. The van der Waals surface area contributed by atoms with Gasteiger partial charge in [0.15, 0.2) is 0 Å². The molecule has 0 rings (SSSR count). The molecule has 0 unspecified atom stereocenters. The van der Waals surface area contributed by atoms with Gasteiger partial charge in [0.05, 0.1) is 56.4 Å². The first-order valence-corrected chi connectivity index (χ1v) is 5.58. The van der Waals surface area contributed by atoms with Gasteiger partial charge in [-0.2, -0.15) is 0 Å². The summed E-state index contributed by atoms with van der Waals surface area (Å²) in [6.07, 6.45) is 0. The Balaban J connectivity index is -0.0000000206. The van der Waals surface area contributed by atoms with E-state index < -0.39 is 10.4 Å². The summed E-state index contributed by atoms with van der Waals surface area (Å²) in [5.74, 6) is 0. The maximum atomic E-state index is 8.52. The van der Waals surface area contributed by atoms with Crippen molar-refractivity contribution in [2.75, 3.05) is 56.4 Å². The van der Waals surface area contributed by atoms with E-state index in [4.69, 9.17) is 17.5 Å². The third kappa shape index (κ3) is 31500. The van der Waals surface area contributed by atoms with Crippen LogP contribution in [0, 0.1) is 0 Å². The molecule has 0 amide bonds. The van der Waals surface area contributed by atoms with Crippen molar-refractivity contribution in [3.05, 3.63) is 0 Å². The van der Waals surface area contributed by atoms with E-state index in [1.54, 1.807) is 0 Å². The molecule has 0 saturated carbocycles. The van der Waals surface area contributed by atoms with Crippen LogP contribution in [0.1, 0.15) is 0 Å². The highest BCUT2D eigenvalue weighted by molar-refractivity contribution is 7.79. The lowest BCUT2D eigenvalue weighted by molar-refractivity contribution is -0.849. The van der Waals surface area contributed by atoms with E-state index in [-0.39, 0.29) is 21.9 Å². The number of nitrogens with zero attached hydrogens (tertiary/aromatic N) is 2. The van der Waals surface area contributed by atoms with E-state index in [1.807, 2.05) is 0 Å². The molecule has 11 heteroatoms. The van der Waals surface area contributed by atoms with Crippen LogP contribution in [0.4, 0.5) is 0 Å². The van der Waals surface area contributed by atoms with Crippen LogP contribution in [0.25, 0.3) is 0 Å². The van der Waals surface area contributed by atoms with Gasteiger partial charge in [-0.1, -0.05) is 0 Å². The Hall–Kier alpha value is -0.370. The molecule has 0 heterocycles. The lowest BCUT2D eigenvalue weighted by Gasteiger charge is -2.14. The number of hydrogen-bond donors (Lipinski definition) is 0. The zero-order chi connectivity index (χ0) is 13.5. The normalized spacial score (nSPS) is 9.37. The molecule has 0 bridgehead atoms. The second-order valence-corrected chi connectivity index (χ2v) is 6.59. The van der Waals surface area contributed by atoms with Crippen molar-refractivity contribution in [3.63, 3.8) is 0 Å². The highest BCUT2D eigenvalue weighted by atomic mass is 32.3. The highest BCUT2D eigenvalue weighted by Gasteiger charge is 1.88. The fourth-order valence-electron chi connectivity index (χ4n) is 0. The minimum absolute atomic E-state index is 0. The Bertz CT molecular complexity index is 210. The van der Waals surface area contributed by atoms with Crippen LogP contribution >= 0.6 is 0 Å². The van der Waals surface area contributed by atoms with Crippen LogP contribution in [0.2, 0.25) is 0 Å². The fourth-order valence-corrected chi connectivity index (χ4v) is 0. The fraction of sp³-hybridized carbons (Fsp3) is 1.00. The molecule has 0 saturated heterocycles. The summed E-state index contributed by atoms with van der Waals surface area (Å²) in [5, 5.41) is 0. The van der Waals surface area contributed by atoms with Crippen LogP contribution < -0.4 is 0 Å². The molecule has 0 fully saturated rings. The van der Waals surface area contributed by atoms with Crippen LogP contribution in [0.15, 0.2) is 0 Å². The number of hydrogen-bond acceptors (Lipinski definition) is 4. The second kappa shape index (κ2) is 15.7. The van der Waals surface area contributed by atoms with Crippen molar-refractivity contribution < 1.29 is 48.4 Å². The molecule has 0 aliphatic rings. The predicted octanol–water partition coefficient (Wildman–Crippen LogP) is -3.99. The van der Waals surface area contributed by atoms with E-state index in [0.29, 0.717) is 0 Å². The molecule has 19 heavy (non-hydrogen) atoms. The minimum atomic E-state index is -5.17. The topological polar surface area (TPSA) is 206 Å². The molecule has 0 aromatic heterocycles. The van der Waals surface area contributed by atoms with E-state index in [2.05, 4.69) is 56.4 Å². The van der Waals surface area contributed by atoms with Crippen LogP contribution in [0.3, 0.4) is 0 Å². The summed E-state index contributed by atoms with van der Waals surface area (Å²) >= 11 is 0. The van der Waals surface area contributed by atoms with Crippen LogP contribution in [0.5, 0.6) is 0 Å². The molecule has 0 aromatic rings. The van der Waals surface area contributed by atoms with Gasteiger partial charge >= 0.3 is 0 Å². The Morgan fingerprint density at radius 3 is 0.579 bits per heavy atom. The van der Waals surface area contributed by atoms with E-state index in [9.17, 15) is 0 Å². The van der Waals surface area contributed by atoms with Crippen molar-refractivity contribution in [2.45, 2.75) is 0 Å². The Morgan fingerprint density at radius 2 is 0.579 bits per heavy atom. The van der Waals surface area contributed by atoms with Gasteiger partial charge in [0, 0.05) is 10.4 Å². The van der Waals surface area contributed by atoms with Crippen molar-refractivity contribution in [3.8, 4) is 0 Å². The summed E-state index contributed by atoms with van der Waals surface area (Å²) in [6, 6.07) is 0. The van der Waals surface area contributed by atoms with Gasteiger partial charge in [0.25, 0.3) is 0 Å². The molecule has 0 radical (unpaired) electrons. The largest absolute Gasteiger partial charge is 0.759 e. The quantitative estimate of drug-likeness (QED) is 0.248. The van der Waals surface area contributed by atoms with Crippen molar-refractivity contribution in [1.82, 2.24) is 0 Å². The first-order chi connectivity index (χ1) is 6.00. The second-order valence-electron chi connectivity index (χ2n) is 5.77. The first-order valence-electron chi connectivity index (χ1n) is 4.24. The van der Waals surface area contributed by atoms with Gasteiger partial charge < -0.3 is 40.0 Å². The van der Waals surface area contributed by atoms with Crippen LogP contribution in [-0.4, -0.2) is 105 Å². The molecular weight excluding hydrogens is 284 g/mol. The van der Waals surface area contributed by atoms with Crippen molar-refractivity contribution in [2.24, 2.45) is 0 Å². The lowest BCUT2D eigenvalue weighted by Crippen LogP contribution is -2.27. The maximum absolute atomic E-state index is 8.52. The molecular formula is C8H32N2O8S. The Morgan fingerprint density at radius 1 is 0.579 bits per heavy atom. The summed E-state index contributed by atoms with van der Waals surface area (Å²) in [6.45, 7) is 0. The van der Waals surface area contributed by atoms with Gasteiger partial charge in [-0.3, -0.25) is 8.42 Å². The van der Waals surface area contributed by atoms with E-state index >= 15 is 0 Å². The summed E-state index contributed by atoms with van der Waals surface area (Å²) in [4.78, 5) is 0. The van der Waals surface area contributed by atoms with Crippen molar-refractivity contribution in [1.29, 1.82) is 0 Å². The Kier molecular flexibility index (Phi) is 35.3. The smallest absolute Gasteiger partial charge is 0.0675 e. The third-order valence-corrected chi connectivity index (χ3v) is 0. The minimum Gasteiger partial charge on any atom is -0.759 e. The monoisotopic (exact) mass is 316 g/mol. The molecule has 0 aliphatic carbocycles. The van der Waals surface area contributed by atoms with Gasteiger partial charge in [-0.05, 0) is 0 Å². The molecule has 0 atom stereocenters. The molecule has 0 aliphatic heterocycles. The molecule has 8 N–H and O–H groups in total. The number of rotatable bonds is 0. The van der Waals surface area contributed by atoms with Gasteiger partial charge in [-0.15, -0.1) is 0 Å². The molecule has 0 spiro atoms. The third-order valence-electron chi connectivity index (χ3n) is 0. The summed E-state index contributed by atoms with van der Waals surface area (Å²) < 4.78 is 36.1. The van der Waals surface area contributed by atoms with Crippen molar-refractivity contribution >= 4 is 10.4 Å². The zero-order valence-corrected chi connectivity index (χ0v) is 13.8. The molecule has 0 aromatic carbocycles. The first kappa shape index (κ1) is 42.8. The SMILES string of the molecule is C[N+](C)(C)C.C[N+](C)(C)C.O.O.O.O.O=S(=O)([O-])[O-]. The van der Waals surface area contributed by atoms with E-state index in [1.165, 1.54) is 0 Å². The summed E-state index contributed by atoms with van der Waals surface area (Å²) in [5.41, 5.74) is 0. The standard InChI is InChI=1S/2C4H12N.H2O4S.4H2O/c3*1-5(2,3)4;;;;/h2*1-4H3;(H2,1,2,3,4);4*1H2/q2*+1;;;;;/p-2. The number of quaternary nitrogens is 2. The average Bonchev–Trinajstić information content (AvgIpc) is 1.41. The maximum Gasteiger partial charge on any atom is 0.0675 e. The summed E-state index contributed by atoms with van der Waals surface area (Å²) in [7, 11) is 11.8. The van der Waals surface area contributed by atoms with Gasteiger partial charge in [-0.25, -0.2) is 0 Å². The zero-order valence-electron chi connectivity index (χ0n) is 12.9. The predicted molar refractivity (Wildman–Crippen MR) is 72.8 cm³/mol. The van der Waals surface area contributed by atoms with Gasteiger partial charge in [0.1, 0.15) is 0 Å². The Labute approximate surface area is 116 Å². The van der Waals surface area contributed by atoms with Crippen LogP contribution in [-0.2, 0) is 10.4 Å². The highest BCUT2D eigenvalue weighted by Crippen LogP contribution is 1.74. The van der Waals surface area contributed by atoms with Gasteiger partial charge in [0.2, 0.25) is 0 Å². The van der Waals surface area contributed by atoms with E-state index in [0.717, 1.165) is 8.97 Å². The molecule has 10 nitrogen and oxygen atoms in total.